The van der Waals surface area contributed by atoms with Gasteiger partial charge in [0.2, 0.25) is 0 Å². The predicted molar refractivity (Wildman–Crippen MR) is 61.4 cm³/mol. The molecule has 0 saturated carbocycles. The van der Waals surface area contributed by atoms with Gasteiger partial charge in [-0.25, -0.2) is 8.78 Å². The van der Waals surface area contributed by atoms with Crippen LogP contribution in [-0.4, -0.2) is 0 Å². The highest BCUT2D eigenvalue weighted by Crippen LogP contribution is 2.29. The highest BCUT2D eigenvalue weighted by molar-refractivity contribution is 7.12. The molecule has 0 aliphatic heterocycles. The number of hydrogen-bond donors (Lipinski definition) is 1. The van der Waals surface area contributed by atoms with Crippen LogP contribution in [0, 0.1) is 18.6 Å². The Labute approximate surface area is 96.5 Å². The maximum atomic E-state index is 13.5. The quantitative estimate of drug-likeness (QED) is 0.854. The van der Waals surface area contributed by atoms with Crippen molar-refractivity contribution in [2.24, 2.45) is 5.73 Å². The van der Waals surface area contributed by atoms with Gasteiger partial charge in [-0.05, 0) is 31.2 Å². The molecule has 2 rings (SSSR count). The largest absolute Gasteiger partial charge is 0.319 e. The Bertz CT molecular complexity index is 487. The monoisotopic (exact) mass is 239 g/mol. The highest BCUT2D eigenvalue weighted by atomic mass is 32.1. The molecule has 0 aliphatic carbocycles. The fourth-order valence-electron chi connectivity index (χ4n) is 1.57. The third kappa shape index (κ3) is 1.99. The molecule has 0 amide bonds. The molecule has 16 heavy (non-hydrogen) atoms. The van der Waals surface area contributed by atoms with E-state index >= 15 is 0 Å². The van der Waals surface area contributed by atoms with Crippen molar-refractivity contribution in [2.45, 2.75) is 13.0 Å². The lowest BCUT2D eigenvalue weighted by molar-refractivity contribution is 0.545. The van der Waals surface area contributed by atoms with Crippen molar-refractivity contribution < 1.29 is 8.78 Å². The minimum absolute atomic E-state index is 0.0654. The zero-order chi connectivity index (χ0) is 11.7. The van der Waals surface area contributed by atoms with Crippen LogP contribution in [0.1, 0.15) is 21.4 Å². The van der Waals surface area contributed by atoms with Crippen LogP contribution in [0.25, 0.3) is 0 Å². The van der Waals surface area contributed by atoms with Crippen molar-refractivity contribution in [3.05, 3.63) is 57.3 Å². The van der Waals surface area contributed by atoms with Crippen molar-refractivity contribution in [2.75, 3.05) is 0 Å². The topological polar surface area (TPSA) is 26.0 Å². The molecule has 1 unspecified atom stereocenters. The number of thiophene rings is 1. The molecule has 0 spiro atoms. The van der Waals surface area contributed by atoms with Crippen LogP contribution in [0.3, 0.4) is 0 Å². The summed E-state index contributed by atoms with van der Waals surface area (Å²) in [6.07, 6.45) is 0. The molecule has 84 valence electrons. The molecule has 1 nitrogen and oxygen atoms in total. The SMILES string of the molecule is Cc1ccc(C(N)c2c(F)cccc2F)s1. The Morgan fingerprint density at radius 3 is 2.25 bits per heavy atom. The van der Waals surface area contributed by atoms with Crippen molar-refractivity contribution in [1.29, 1.82) is 0 Å². The van der Waals surface area contributed by atoms with E-state index in [2.05, 4.69) is 0 Å². The van der Waals surface area contributed by atoms with Gasteiger partial charge in [0.15, 0.2) is 0 Å². The Morgan fingerprint density at radius 1 is 1.12 bits per heavy atom. The average molecular weight is 239 g/mol. The number of benzene rings is 1. The van der Waals surface area contributed by atoms with Gasteiger partial charge in [0.25, 0.3) is 0 Å². The first kappa shape index (κ1) is 11.2. The van der Waals surface area contributed by atoms with E-state index < -0.39 is 17.7 Å². The van der Waals surface area contributed by atoms with E-state index in [0.29, 0.717) is 0 Å². The maximum Gasteiger partial charge on any atom is 0.131 e. The molecule has 2 N–H and O–H groups in total. The normalized spacial score (nSPS) is 12.8. The summed E-state index contributed by atoms with van der Waals surface area (Å²) in [5.41, 5.74) is 5.80. The third-order valence-electron chi connectivity index (χ3n) is 2.38. The number of nitrogens with two attached hydrogens (primary N) is 1. The first-order chi connectivity index (χ1) is 7.59. The summed E-state index contributed by atoms with van der Waals surface area (Å²) in [6.45, 7) is 1.93. The molecule has 0 fully saturated rings. The van der Waals surface area contributed by atoms with E-state index in [-0.39, 0.29) is 5.56 Å². The van der Waals surface area contributed by atoms with Gasteiger partial charge in [-0.15, -0.1) is 11.3 Å². The molecule has 0 aliphatic rings. The number of halogens is 2. The fourth-order valence-corrected chi connectivity index (χ4v) is 2.46. The second-order valence-electron chi connectivity index (χ2n) is 3.56. The summed E-state index contributed by atoms with van der Waals surface area (Å²) in [5, 5.41) is 0. The molecule has 1 aromatic heterocycles. The number of hydrogen-bond acceptors (Lipinski definition) is 2. The van der Waals surface area contributed by atoms with E-state index in [1.807, 2.05) is 13.0 Å². The summed E-state index contributed by atoms with van der Waals surface area (Å²) in [4.78, 5) is 1.84. The van der Waals surface area contributed by atoms with Crippen LogP contribution in [0.2, 0.25) is 0 Å². The second kappa shape index (κ2) is 4.31. The minimum Gasteiger partial charge on any atom is -0.319 e. The Kier molecular flexibility index (Phi) is 3.03. The summed E-state index contributed by atoms with van der Waals surface area (Å²) in [5.74, 6) is -1.20. The first-order valence-corrected chi connectivity index (χ1v) is 5.67. The molecule has 1 aromatic carbocycles. The highest BCUT2D eigenvalue weighted by Gasteiger charge is 2.19. The van der Waals surface area contributed by atoms with Crippen LogP contribution in [0.4, 0.5) is 8.78 Å². The second-order valence-corrected chi connectivity index (χ2v) is 4.88. The third-order valence-corrected chi connectivity index (χ3v) is 3.46. The van der Waals surface area contributed by atoms with E-state index in [9.17, 15) is 8.78 Å². The van der Waals surface area contributed by atoms with E-state index in [1.54, 1.807) is 6.07 Å². The molecule has 1 heterocycles. The van der Waals surface area contributed by atoms with E-state index in [4.69, 9.17) is 5.73 Å². The van der Waals surface area contributed by atoms with Gasteiger partial charge >= 0.3 is 0 Å². The summed E-state index contributed by atoms with van der Waals surface area (Å²) < 4.78 is 27.0. The van der Waals surface area contributed by atoms with Gasteiger partial charge in [-0.2, -0.15) is 0 Å². The standard InChI is InChI=1S/C12H11F2NS/c1-7-5-6-10(16-7)12(15)11-8(13)3-2-4-9(11)14/h2-6,12H,15H2,1H3. The van der Waals surface area contributed by atoms with Gasteiger partial charge < -0.3 is 5.73 Å². The van der Waals surface area contributed by atoms with Crippen molar-refractivity contribution >= 4 is 11.3 Å². The molecular formula is C12H11F2NS. The number of rotatable bonds is 2. The molecule has 1 atom stereocenters. The van der Waals surface area contributed by atoms with Crippen LogP contribution in [0.15, 0.2) is 30.3 Å². The van der Waals surface area contributed by atoms with Gasteiger partial charge in [0.05, 0.1) is 6.04 Å². The molecule has 0 radical (unpaired) electrons. The first-order valence-electron chi connectivity index (χ1n) is 4.85. The molecule has 2 aromatic rings. The lowest BCUT2D eigenvalue weighted by atomic mass is 10.1. The van der Waals surface area contributed by atoms with Gasteiger partial charge in [-0.1, -0.05) is 6.07 Å². The fraction of sp³-hybridized carbons (Fsp3) is 0.167. The van der Waals surface area contributed by atoms with Crippen LogP contribution in [0.5, 0.6) is 0 Å². The summed E-state index contributed by atoms with van der Waals surface area (Å²) >= 11 is 1.45. The molecule has 0 saturated heterocycles. The maximum absolute atomic E-state index is 13.5. The van der Waals surface area contributed by atoms with Crippen LogP contribution in [-0.2, 0) is 0 Å². The zero-order valence-electron chi connectivity index (χ0n) is 8.71. The van der Waals surface area contributed by atoms with Gasteiger partial charge in [0.1, 0.15) is 11.6 Å². The lowest BCUT2D eigenvalue weighted by Gasteiger charge is -2.11. The summed E-state index contributed by atoms with van der Waals surface area (Å²) in [7, 11) is 0. The summed E-state index contributed by atoms with van der Waals surface area (Å²) in [6, 6.07) is 6.73. The van der Waals surface area contributed by atoms with E-state index in [1.165, 1.54) is 29.5 Å². The van der Waals surface area contributed by atoms with Crippen LogP contribution < -0.4 is 5.73 Å². The van der Waals surface area contributed by atoms with Crippen molar-refractivity contribution in [3.8, 4) is 0 Å². The Morgan fingerprint density at radius 2 is 1.75 bits per heavy atom. The molecule has 4 heteroatoms. The predicted octanol–water partition coefficient (Wildman–Crippen LogP) is 3.38. The zero-order valence-corrected chi connectivity index (χ0v) is 9.52. The van der Waals surface area contributed by atoms with E-state index in [0.717, 1.165) is 9.75 Å². The Balaban J connectivity index is 2.45. The van der Waals surface area contributed by atoms with Crippen molar-refractivity contribution in [1.82, 2.24) is 0 Å². The smallest absolute Gasteiger partial charge is 0.131 e. The minimum atomic E-state index is -0.736. The van der Waals surface area contributed by atoms with Crippen molar-refractivity contribution in [3.63, 3.8) is 0 Å². The average Bonchev–Trinajstić information content (AvgIpc) is 2.64. The van der Waals surface area contributed by atoms with Crippen LogP contribution >= 0.6 is 11.3 Å². The lowest BCUT2D eigenvalue weighted by Crippen LogP contribution is -2.14. The molecule has 0 bridgehead atoms. The molecular weight excluding hydrogens is 228 g/mol. The van der Waals surface area contributed by atoms with Gasteiger partial charge in [-0.3, -0.25) is 0 Å². The van der Waals surface area contributed by atoms with Gasteiger partial charge in [0, 0.05) is 15.3 Å². The number of aryl methyl sites for hydroxylation is 1. The Hall–Kier alpha value is -1.26.